The van der Waals surface area contributed by atoms with Crippen LogP contribution in [0.2, 0.25) is 0 Å². The Kier molecular flexibility index (Phi) is 5.11. The van der Waals surface area contributed by atoms with Crippen LogP contribution >= 0.6 is 0 Å². The highest BCUT2D eigenvalue weighted by molar-refractivity contribution is 5.80. The van der Waals surface area contributed by atoms with Crippen LogP contribution < -0.4 is 4.74 Å². The van der Waals surface area contributed by atoms with E-state index < -0.39 is 0 Å². The second kappa shape index (κ2) is 7.85. The molecule has 0 radical (unpaired) electrons. The number of hydrogen-bond acceptors (Lipinski definition) is 2. The molecule has 4 rings (SSSR count). The van der Waals surface area contributed by atoms with E-state index >= 15 is 0 Å². The van der Waals surface area contributed by atoms with Gasteiger partial charge in [-0.2, -0.15) is 0 Å². The van der Waals surface area contributed by atoms with E-state index in [4.69, 9.17) is 4.74 Å². The highest BCUT2D eigenvalue weighted by atomic mass is 19.1. The number of hydrogen-bond donors (Lipinski definition) is 0. The fourth-order valence-electron chi connectivity index (χ4n) is 3.37. The number of ether oxygens (including phenoxy) is 1. The zero-order chi connectivity index (χ0) is 19.5. The first-order valence-electron chi connectivity index (χ1n) is 9.54. The van der Waals surface area contributed by atoms with E-state index in [1.807, 2.05) is 36.4 Å². The molecule has 0 aliphatic carbocycles. The molecule has 28 heavy (non-hydrogen) atoms. The van der Waals surface area contributed by atoms with Crippen molar-refractivity contribution in [1.29, 1.82) is 0 Å². The molecule has 0 amide bonds. The van der Waals surface area contributed by atoms with Gasteiger partial charge in [-0.1, -0.05) is 30.3 Å². The van der Waals surface area contributed by atoms with Crippen molar-refractivity contribution in [1.82, 2.24) is 9.55 Å². The van der Waals surface area contributed by atoms with Crippen molar-refractivity contribution in [3.8, 4) is 17.1 Å². The summed E-state index contributed by atoms with van der Waals surface area (Å²) in [5.41, 5.74) is 4.88. The van der Waals surface area contributed by atoms with Gasteiger partial charge in [-0.25, -0.2) is 9.37 Å². The molecule has 142 valence electrons. The number of aromatic nitrogens is 2. The van der Waals surface area contributed by atoms with Crippen molar-refractivity contribution in [2.24, 2.45) is 0 Å². The number of rotatable bonds is 6. The number of imidazole rings is 1. The molecule has 0 unspecified atom stereocenters. The Hall–Kier alpha value is -3.14. The van der Waals surface area contributed by atoms with E-state index in [2.05, 4.69) is 35.5 Å². The fraction of sp³-hybridized carbons (Fsp3) is 0.208. The van der Waals surface area contributed by atoms with Gasteiger partial charge in [-0.05, 0) is 67.8 Å². The minimum absolute atomic E-state index is 0.259. The highest BCUT2D eigenvalue weighted by Crippen LogP contribution is 2.27. The van der Waals surface area contributed by atoms with Gasteiger partial charge in [0.25, 0.3) is 0 Å². The van der Waals surface area contributed by atoms with E-state index in [0.717, 1.165) is 23.2 Å². The maximum Gasteiger partial charge on any atom is 0.144 e. The highest BCUT2D eigenvalue weighted by Gasteiger charge is 2.15. The molecule has 0 bridgehead atoms. The predicted molar refractivity (Wildman–Crippen MR) is 111 cm³/mol. The van der Waals surface area contributed by atoms with E-state index in [1.54, 1.807) is 12.1 Å². The third-order valence-corrected chi connectivity index (χ3v) is 5.04. The molecule has 0 N–H and O–H groups in total. The summed E-state index contributed by atoms with van der Waals surface area (Å²) >= 11 is 0. The summed E-state index contributed by atoms with van der Waals surface area (Å²) in [5.74, 6) is 1.28. The molecule has 0 spiro atoms. The predicted octanol–water partition coefficient (Wildman–Crippen LogP) is 5.93. The second-order valence-electron chi connectivity index (χ2n) is 7.00. The number of nitrogens with zero attached hydrogens (tertiary/aromatic N) is 2. The molecule has 0 aliphatic rings. The average molecular weight is 374 g/mol. The Bertz CT molecular complexity index is 1120. The molecule has 0 fully saturated rings. The Balaban J connectivity index is 1.55. The molecule has 1 heterocycles. The third-order valence-electron chi connectivity index (χ3n) is 5.04. The lowest BCUT2D eigenvalue weighted by atomic mass is 10.1. The molecular formula is C24H23FN2O. The smallest absolute Gasteiger partial charge is 0.144 e. The van der Waals surface area contributed by atoms with E-state index in [1.165, 1.54) is 17.2 Å². The standard InChI is InChI=1S/C24H23FN2O/c1-17-12-13-19(16-18(17)2)28-15-7-14-27-23-11-6-5-10-22(23)26-24(27)20-8-3-4-9-21(20)25/h3-6,8-13,16H,7,14-15H2,1-2H3. The Morgan fingerprint density at radius 2 is 1.71 bits per heavy atom. The van der Waals surface area contributed by atoms with Gasteiger partial charge in [-0.3, -0.25) is 0 Å². The van der Waals surface area contributed by atoms with Crippen molar-refractivity contribution in [2.75, 3.05) is 6.61 Å². The van der Waals surface area contributed by atoms with Crippen LogP contribution in [0.15, 0.2) is 66.7 Å². The van der Waals surface area contributed by atoms with Crippen LogP contribution in [-0.2, 0) is 6.54 Å². The molecule has 0 atom stereocenters. The molecule has 1 aromatic heterocycles. The van der Waals surface area contributed by atoms with E-state index in [0.29, 0.717) is 24.5 Å². The van der Waals surface area contributed by atoms with Crippen molar-refractivity contribution in [3.63, 3.8) is 0 Å². The lowest BCUT2D eigenvalue weighted by molar-refractivity contribution is 0.302. The number of para-hydroxylation sites is 2. The van der Waals surface area contributed by atoms with Gasteiger partial charge in [0.1, 0.15) is 17.4 Å². The average Bonchev–Trinajstić information content (AvgIpc) is 3.07. The number of halogens is 1. The molecular weight excluding hydrogens is 351 g/mol. The van der Waals surface area contributed by atoms with Gasteiger partial charge >= 0.3 is 0 Å². The fourth-order valence-corrected chi connectivity index (χ4v) is 3.37. The van der Waals surface area contributed by atoms with Crippen LogP contribution in [0.3, 0.4) is 0 Å². The molecule has 0 aliphatic heterocycles. The van der Waals surface area contributed by atoms with Crippen LogP contribution in [0.1, 0.15) is 17.5 Å². The van der Waals surface area contributed by atoms with Crippen LogP contribution in [0.4, 0.5) is 4.39 Å². The molecule has 0 saturated heterocycles. The van der Waals surface area contributed by atoms with Crippen molar-refractivity contribution < 1.29 is 9.13 Å². The van der Waals surface area contributed by atoms with Gasteiger partial charge in [0.15, 0.2) is 0 Å². The van der Waals surface area contributed by atoms with Crippen LogP contribution in [0, 0.1) is 19.7 Å². The monoisotopic (exact) mass is 374 g/mol. The van der Waals surface area contributed by atoms with Gasteiger partial charge in [0.2, 0.25) is 0 Å². The van der Waals surface area contributed by atoms with Gasteiger partial charge in [0.05, 0.1) is 23.2 Å². The maximum absolute atomic E-state index is 14.4. The molecule has 0 saturated carbocycles. The number of aryl methyl sites for hydroxylation is 3. The third kappa shape index (κ3) is 3.63. The van der Waals surface area contributed by atoms with E-state index in [-0.39, 0.29) is 5.82 Å². The largest absolute Gasteiger partial charge is 0.494 e. The Morgan fingerprint density at radius 1 is 0.929 bits per heavy atom. The van der Waals surface area contributed by atoms with Gasteiger partial charge in [-0.15, -0.1) is 0 Å². The lowest BCUT2D eigenvalue weighted by Gasteiger charge is -2.12. The first-order valence-corrected chi connectivity index (χ1v) is 9.54. The summed E-state index contributed by atoms with van der Waals surface area (Å²) in [6, 6.07) is 20.8. The molecule has 3 nitrogen and oxygen atoms in total. The first-order chi connectivity index (χ1) is 13.6. The zero-order valence-electron chi connectivity index (χ0n) is 16.2. The minimum Gasteiger partial charge on any atom is -0.494 e. The quantitative estimate of drug-likeness (QED) is 0.391. The van der Waals surface area contributed by atoms with Crippen LogP contribution in [0.25, 0.3) is 22.4 Å². The molecule has 3 aromatic carbocycles. The van der Waals surface area contributed by atoms with Crippen molar-refractivity contribution >= 4 is 11.0 Å². The summed E-state index contributed by atoms with van der Waals surface area (Å²) in [7, 11) is 0. The van der Waals surface area contributed by atoms with E-state index in [9.17, 15) is 4.39 Å². The summed E-state index contributed by atoms with van der Waals surface area (Å²) in [6.45, 7) is 5.47. The number of benzene rings is 3. The van der Waals surface area contributed by atoms with Crippen LogP contribution in [-0.4, -0.2) is 16.2 Å². The van der Waals surface area contributed by atoms with Crippen molar-refractivity contribution in [3.05, 3.63) is 83.7 Å². The minimum atomic E-state index is -0.259. The van der Waals surface area contributed by atoms with Crippen LogP contribution in [0.5, 0.6) is 5.75 Å². The van der Waals surface area contributed by atoms with Gasteiger partial charge < -0.3 is 9.30 Å². The van der Waals surface area contributed by atoms with Crippen molar-refractivity contribution in [2.45, 2.75) is 26.8 Å². The molecule has 4 aromatic rings. The van der Waals surface area contributed by atoms with Gasteiger partial charge in [0, 0.05) is 6.54 Å². The summed E-state index contributed by atoms with van der Waals surface area (Å²) in [4.78, 5) is 4.68. The number of fused-ring (bicyclic) bond motifs is 1. The SMILES string of the molecule is Cc1ccc(OCCCn2c(-c3ccccc3F)nc3ccccc32)cc1C. The molecule has 4 heteroatoms. The maximum atomic E-state index is 14.4. The first kappa shape index (κ1) is 18.2. The normalized spacial score (nSPS) is 11.1. The summed E-state index contributed by atoms with van der Waals surface area (Å²) < 4.78 is 22.4. The zero-order valence-corrected chi connectivity index (χ0v) is 16.2. The Labute approximate surface area is 164 Å². The second-order valence-corrected chi connectivity index (χ2v) is 7.00. The Morgan fingerprint density at radius 3 is 2.54 bits per heavy atom. The lowest BCUT2D eigenvalue weighted by Crippen LogP contribution is -2.06. The summed E-state index contributed by atoms with van der Waals surface area (Å²) in [6.07, 6.45) is 0.800. The topological polar surface area (TPSA) is 27.1 Å². The summed E-state index contributed by atoms with van der Waals surface area (Å²) in [5, 5.41) is 0.